The van der Waals surface area contributed by atoms with Gasteiger partial charge in [-0.05, 0) is 0 Å². The van der Waals surface area contributed by atoms with Crippen LogP contribution in [0.2, 0.25) is 0 Å². The average Bonchev–Trinajstić information content (AvgIpc) is 2.59. The predicted octanol–water partition coefficient (Wildman–Crippen LogP) is 1.02. The standard InChI is InChI=1S/C14H11.Li/c1-10-8-12-7-6-11-4-2-3-5-13(11)14(12)9-10;/h2-9H,1H3;/q-1;+1. The van der Waals surface area contributed by atoms with Crippen LogP contribution in [0.4, 0.5) is 0 Å². The summed E-state index contributed by atoms with van der Waals surface area (Å²) in [5.74, 6) is 0. The molecule has 1 heteroatoms. The fraction of sp³-hybridized carbons (Fsp3) is 0.0714. The van der Waals surface area contributed by atoms with Crippen molar-refractivity contribution in [2.24, 2.45) is 0 Å². The Morgan fingerprint density at radius 1 is 1.07 bits per heavy atom. The van der Waals surface area contributed by atoms with Gasteiger partial charge >= 0.3 is 18.9 Å². The van der Waals surface area contributed by atoms with Crippen molar-refractivity contribution in [1.82, 2.24) is 0 Å². The van der Waals surface area contributed by atoms with Crippen LogP contribution in [0, 0.1) is 6.92 Å². The largest absolute Gasteiger partial charge is 1.00 e. The fourth-order valence-corrected chi connectivity index (χ4v) is 2.11. The molecular formula is C14H11Li. The molecule has 0 amide bonds. The van der Waals surface area contributed by atoms with Gasteiger partial charge in [0, 0.05) is 0 Å². The zero-order chi connectivity index (χ0) is 9.54. The molecule has 0 N–H and O–H groups in total. The molecule has 0 aromatic heterocycles. The molecule has 0 saturated heterocycles. The van der Waals surface area contributed by atoms with Crippen LogP contribution in [0.3, 0.4) is 0 Å². The molecule has 0 heterocycles. The van der Waals surface area contributed by atoms with E-state index in [-0.39, 0.29) is 18.9 Å². The van der Waals surface area contributed by atoms with Crippen LogP contribution in [0.15, 0.2) is 48.5 Å². The molecule has 3 aromatic carbocycles. The zero-order valence-corrected chi connectivity index (χ0v) is 9.12. The fourth-order valence-electron chi connectivity index (χ4n) is 2.11. The Labute approximate surface area is 101 Å². The van der Waals surface area contributed by atoms with E-state index in [1.165, 1.54) is 27.1 Å². The summed E-state index contributed by atoms with van der Waals surface area (Å²) in [6, 6.07) is 17.4. The number of benzene rings is 2. The summed E-state index contributed by atoms with van der Waals surface area (Å²) in [5.41, 5.74) is 1.34. The molecule has 0 radical (unpaired) electrons. The second-order valence-corrected chi connectivity index (χ2v) is 3.82. The third-order valence-corrected chi connectivity index (χ3v) is 2.76. The number of hydrogen-bond acceptors (Lipinski definition) is 0. The molecule has 0 atom stereocenters. The predicted molar refractivity (Wildman–Crippen MR) is 61.8 cm³/mol. The Morgan fingerprint density at radius 3 is 2.73 bits per heavy atom. The summed E-state index contributed by atoms with van der Waals surface area (Å²) in [7, 11) is 0. The topological polar surface area (TPSA) is 0 Å². The second kappa shape index (κ2) is 3.81. The molecule has 68 valence electrons. The van der Waals surface area contributed by atoms with E-state index in [0.717, 1.165) is 0 Å². The molecule has 0 spiro atoms. The van der Waals surface area contributed by atoms with Crippen molar-refractivity contribution >= 4 is 21.5 Å². The summed E-state index contributed by atoms with van der Waals surface area (Å²) in [4.78, 5) is 0. The van der Waals surface area contributed by atoms with Crippen molar-refractivity contribution in [3.8, 4) is 0 Å². The zero-order valence-electron chi connectivity index (χ0n) is 9.12. The minimum Gasteiger partial charge on any atom is -0.148 e. The number of hydrogen-bond donors (Lipinski definition) is 0. The first-order valence-electron chi connectivity index (χ1n) is 4.89. The van der Waals surface area contributed by atoms with Gasteiger partial charge in [-0.15, -0.1) is 35.2 Å². The minimum atomic E-state index is 0. The molecule has 0 aliphatic rings. The van der Waals surface area contributed by atoms with Crippen molar-refractivity contribution in [3.63, 3.8) is 0 Å². The van der Waals surface area contributed by atoms with E-state index < -0.39 is 0 Å². The average molecular weight is 186 g/mol. The number of fused-ring (bicyclic) bond motifs is 3. The summed E-state index contributed by atoms with van der Waals surface area (Å²) >= 11 is 0. The smallest absolute Gasteiger partial charge is 0.148 e. The van der Waals surface area contributed by atoms with Gasteiger partial charge in [0.2, 0.25) is 0 Å². The maximum absolute atomic E-state index is 2.26. The van der Waals surface area contributed by atoms with Crippen molar-refractivity contribution in [2.45, 2.75) is 6.92 Å². The van der Waals surface area contributed by atoms with Crippen molar-refractivity contribution < 1.29 is 18.9 Å². The van der Waals surface area contributed by atoms with Crippen LogP contribution in [0.25, 0.3) is 21.5 Å². The molecule has 0 unspecified atom stereocenters. The summed E-state index contributed by atoms with van der Waals surface area (Å²) in [5, 5.41) is 5.41. The van der Waals surface area contributed by atoms with E-state index in [9.17, 15) is 0 Å². The van der Waals surface area contributed by atoms with E-state index in [2.05, 4.69) is 55.5 Å². The van der Waals surface area contributed by atoms with Gasteiger partial charge in [0.1, 0.15) is 0 Å². The molecule has 3 rings (SSSR count). The van der Waals surface area contributed by atoms with E-state index >= 15 is 0 Å². The molecule has 0 saturated carbocycles. The molecule has 0 fully saturated rings. The van der Waals surface area contributed by atoms with E-state index in [1.54, 1.807) is 0 Å². The first-order chi connectivity index (χ1) is 6.84. The molecule has 0 nitrogen and oxygen atoms in total. The van der Waals surface area contributed by atoms with Crippen LogP contribution in [0.5, 0.6) is 0 Å². The van der Waals surface area contributed by atoms with Crippen LogP contribution in [0.1, 0.15) is 5.56 Å². The summed E-state index contributed by atoms with van der Waals surface area (Å²) < 4.78 is 0. The maximum Gasteiger partial charge on any atom is 1.00 e. The monoisotopic (exact) mass is 186 g/mol. The Kier molecular flexibility index (Phi) is 2.65. The summed E-state index contributed by atoms with van der Waals surface area (Å²) in [6.07, 6.45) is 0. The van der Waals surface area contributed by atoms with Gasteiger partial charge in [-0.2, -0.15) is 0 Å². The SMILES string of the molecule is Cc1cc2c3ccccc3cc[c-]2c1.[Li+]. The van der Waals surface area contributed by atoms with Gasteiger partial charge < -0.3 is 0 Å². The molecule has 15 heavy (non-hydrogen) atoms. The Balaban J connectivity index is 0.000000853. The molecule has 0 aliphatic carbocycles. The molecule has 0 aliphatic heterocycles. The van der Waals surface area contributed by atoms with Crippen LogP contribution in [-0.2, 0) is 0 Å². The first-order valence-corrected chi connectivity index (χ1v) is 4.89. The van der Waals surface area contributed by atoms with E-state index in [1.807, 2.05) is 0 Å². The van der Waals surface area contributed by atoms with E-state index in [0.29, 0.717) is 0 Å². The second-order valence-electron chi connectivity index (χ2n) is 3.82. The van der Waals surface area contributed by atoms with Gasteiger partial charge in [0.05, 0.1) is 0 Å². The first kappa shape index (κ1) is 10.4. The number of aryl methyl sites for hydroxylation is 1. The Morgan fingerprint density at radius 2 is 1.87 bits per heavy atom. The summed E-state index contributed by atoms with van der Waals surface area (Å²) in [6.45, 7) is 2.15. The molecular weight excluding hydrogens is 175 g/mol. The van der Waals surface area contributed by atoms with Gasteiger partial charge in [0.15, 0.2) is 0 Å². The van der Waals surface area contributed by atoms with Crippen molar-refractivity contribution in [2.75, 3.05) is 0 Å². The molecule has 3 aromatic rings. The maximum atomic E-state index is 2.26. The van der Waals surface area contributed by atoms with Crippen LogP contribution < -0.4 is 18.9 Å². The van der Waals surface area contributed by atoms with Gasteiger partial charge in [0.25, 0.3) is 0 Å². The van der Waals surface area contributed by atoms with Crippen LogP contribution in [-0.4, -0.2) is 0 Å². The normalized spacial score (nSPS) is 10.5. The van der Waals surface area contributed by atoms with Crippen molar-refractivity contribution in [1.29, 1.82) is 0 Å². The third-order valence-electron chi connectivity index (χ3n) is 2.76. The minimum absolute atomic E-state index is 0. The van der Waals surface area contributed by atoms with Gasteiger partial charge in [-0.3, -0.25) is 0 Å². The van der Waals surface area contributed by atoms with E-state index in [4.69, 9.17) is 0 Å². The number of rotatable bonds is 0. The molecule has 0 bridgehead atoms. The van der Waals surface area contributed by atoms with Gasteiger partial charge in [-0.25, -0.2) is 0 Å². The van der Waals surface area contributed by atoms with Crippen LogP contribution >= 0.6 is 0 Å². The van der Waals surface area contributed by atoms with Gasteiger partial charge in [-0.1, -0.05) is 47.3 Å². The van der Waals surface area contributed by atoms with Crippen molar-refractivity contribution in [3.05, 3.63) is 54.1 Å². The quantitative estimate of drug-likeness (QED) is 0.363. The Bertz CT molecular complexity index is 605. The Hall–Kier alpha value is -1.09. The third kappa shape index (κ3) is 1.61.